The predicted octanol–water partition coefficient (Wildman–Crippen LogP) is 6.01. The number of allylic oxidation sites excluding steroid dienone is 2. The lowest BCUT2D eigenvalue weighted by atomic mass is 9.98. The summed E-state index contributed by atoms with van der Waals surface area (Å²) < 4.78 is 0. The van der Waals surface area contributed by atoms with E-state index in [9.17, 15) is 0 Å². The van der Waals surface area contributed by atoms with Gasteiger partial charge in [-0.3, -0.25) is 4.90 Å². The van der Waals surface area contributed by atoms with Crippen LogP contribution >= 0.6 is 11.6 Å². The maximum Gasteiger partial charge on any atom is 0.126 e. The molecule has 0 bridgehead atoms. The molecular formula is C23H30ClN3. The first-order valence-electron chi connectivity index (χ1n) is 9.74. The number of fused-ring (bicyclic) bond motifs is 1. The maximum absolute atomic E-state index is 6.45. The van der Waals surface area contributed by atoms with Crippen LogP contribution < -0.4 is 0 Å². The monoisotopic (exact) mass is 383 g/mol. The molecule has 0 radical (unpaired) electrons. The van der Waals surface area contributed by atoms with Gasteiger partial charge in [-0.05, 0) is 32.4 Å². The Kier molecular flexibility index (Phi) is 8.21. The fraction of sp³-hybridized carbons (Fsp3) is 0.391. The molecule has 27 heavy (non-hydrogen) atoms. The molecule has 1 aliphatic heterocycles. The molecule has 1 aromatic carbocycles. The quantitative estimate of drug-likeness (QED) is 0.605. The van der Waals surface area contributed by atoms with Gasteiger partial charge in [-0.25, -0.2) is 9.97 Å². The van der Waals surface area contributed by atoms with E-state index in [0.717, 1.165) is 53.9 Å². The molecule has 0 unspecified atom stereocenters. The molecule has 0 saturated carbocycles. The normalized spacial score (nSPS) is 14.7. The lowest BCUT2D eigenvalue weighted by Crippen LogP contribution is -2.33. The van der Waals surface area contributed by atoms with Gasteiger partial charge >= 0.3 is 0 Å². The topological polar surface area (TPSA) is 29.0 Å². The molecule has 0 amide bonds. The number of aryl methyl sites for hydroxylation is 1. The summed E-state index contributed by atoms with van der Waals surface area (Å²) >= 11 is 6.45. The summed E-state index contributed by atoms with van der Waals surface area (Å²) in [4.78, 5) is 11.9. The average molecular weight is 384 g/mol. The van der Waals surface area contributed by atoms with E-state index < -0.39 is 0 Å². The smallest absolute Gasteiger partial charge is 0.126 e. The summed E-state index contributed by atoms with van der Waals surface area (Å²) in [5, 5.41) is 0.739. The number of rotatable bonds is 4. The minimum atomic E-state index is 0.739. The third-order valence-electron chi connectivity index (χ3n) is 4.54. The summed E-state index contributed by atoms with van der Waals surface area (Å²) in [5.41, 5.74) is 5.67. The predicted molar refractivity (Wildman–Crippen MR) is 116 cm³/mol. The van der Waals surface area contributed by atoms with Crippen molar-refractivity contribution in [2.75, 3.05) is 13.1 Å². The highest BCUT2D eigenvalue weighted by molar-refractivity contribution is 6.33. The summed E-state index contributed by atoms with van der Waals surface area (Å²) in [6, 6.07) is 7.93. The van der Waals surface area contributed by atoms with Crippen LogP contribution in [-0.4, -0.2) is 28.0 Å². The molecule has 0 N–H and O–H groups in total. The fourth-order valence-corrected chi connectivity index (χ4v) is 3.54. The summed E-state index contributed by atoms with van der Waals surface area (Å²) in [7, 11) is 0. The van der Waals surface area contributed by atoms with Crippen molar-refractivity contribution in [1.29, 1.82) is 0 Å². The Bertz CT molecular complexity index is 824. The standard InChI is InChI=1S/C21H24ClN3.C2H6/c1-4-8-16(5-2)13-25-12-11-20-18(14-25)21(24-15(3)23-20)17-9-6-7-10-19(17)22;1-2/h4-10H,11-14H2,1-3H3;1-2H3/b8-4-,16-5+;. The van der Waals surface area contributed by atoms with Gasteiger partial charge in [0.25, 0.3) is 0 Å². The molecule has 0 spiro atoms. The Morgan fingerprint density at radius 2 is 1.93 bits per heavy atom. The lowest BCUT2D eigenvalue weighted by Gasteiger charge is -2.30. The zero-order valence-corrected chi connectivity index (χ0v) is 17.8. The number of benzene rings is 1. The Morgan fingerprint density at radius 3 is 2.59 bits per heavy atom. The molecule has 2 aromatic rings. The van der Waals surface area contributed by atoms with Gasteiger partial charge in [-0.2, -0.15) is 0 Å². The van der Waals surface area contributed by atoms with E-state index >= 15 is 0 Å². The second kappa shape index (κ2) is 10.4. The zero-order valence-electron chi connectivity index (χ0n) is 17.1. The zero-order chi connectivity index (χ0) is 19.8. The SMILES string of the molecule is C/C=C\C(=C/C)CN1CCc2nc(C)nc(-c3ccccc3Cl)c2C1.CC. The molecule has 2 heterocycles. The van der Waals surface area contributed by atoms with Crippen LogP contribution in [0.1, 0.15) is 44.8 Å². The van der Waals surface area contributed by atoms with Gasteiger partial charge in [0.1, 0.15) is 5.82 Å². The molecule has 0 saturated heterocycles. The van der Waals surface area contributed by atoms with Crippen molar-refractivity contribution in [2.45, 2.75) is 47.6 Å². The second-order valence-electron chi connectivity index (χ2n) is 6.35. The Labute approximate surface area is 168 Å². The van der Waals surface area contributed by atoms with Crippen molar-refractivity contribution in [3.63, 3.8) is 0 Å². The van der Waals surface area contributed by atoms with Crippen LogP contribution in [0.4, 0.5) is 0 Å². The van der Waals surface area contributed by atoms with Crippen LogP contribution in [0, 0.1) is 6.92 Å². The van der Waals surface area contributed by atoms with Crippen LogP contribution in [0.25, 0.3) is 11.3 Å². The minimum absolute atomic E-state index is 0.739. The Hall–Kier alpha value is -1.97. The van der Waals surface area contributed by atoms with Gasteiger partial charge in [-0.1, -0.05) is 61.9 Å². The number of aromatic nitrogens is 2. The molecule has 1 aliphatic rings. The third-order valence-corrected chi connectivity index (χ3v) is 4.87. The Balaban J connectivity index is 0.00000126. The van der Waals surface area contributed by atoms with Gasteiger partial charge in [0, 0.05) is 42.2 Å². The van der Waals surface area contributed by atoms with E-state index in [1.807, 2.05) is 45.0 Å². The first-order valence-corrected chi connectivity index (χ1v) is 10.1. The van der Waals surface area contributed by atoms with Crippen molar-refractivity contribution >= 4 is 11.6 Å². The van der Waals surface area contributed by atoms with Gasteiger partial charge in [0.2, 0.25) is 0 Å². The molecule has 144 valence electrons. The molecule has 3 nitrogen and oxygen atoms in total. The van der Waals surface area contributed by atoms with Crippen molar-refractivity contribution < 1.29 is 0 Å². The average Bonchev–Trinajstić information content (AvgIpc) is 2.69. The lowest BCUT2D eigenvalue weighted by molar-refractivity contribution is 0.274. The van der Waals surface area contributed by atoms with Crippen molar-refractivity contribution in [1.82, 2.24) is 14.9 Å². The maximum atomic E-state index is 6.45. The van der Waals surface area contributed by atoms with E-state index in [4.69, 9.17) is 21.6 Å². The highest BCUT2D eigenvalue weighted by atomic mass is 35.5. The van der Waals surface area contributed by atoms with Crippen LogP contribution in [0.5, 0.6) is 0 Å². The number of halogens is 1. The van der Waals surface area contributed by atoms with Gasteiger partial charge < -0.3 is 0 Å². The van der Waals surface area contributed by atoms with E-state index in [2.05, 4.69) is 37.0 Å². The largest absolute Gasteiger partial charge is 0.294 e. The number of hydrogen-bond donors (Lipinski definition) is 0. The van der Waals surface area contributed by atoms with Crippen LogP contribution in [-0.2, 0) is 13.0 Å². The first-order chi connectivity index (χ1) is 13.1. The third kappa shape index (κ3) is 5.27. The second-order valence-corrected chi connectivity index (χ2v) is 6.76. The molecule has 4 heteroatoms. The summed E-state index contributed by atoms with van der Waals surface area (Å²) in [6.07, 6.45) is 7.39. The van der Waals surface area contributed by atoms with Crippen LogP contribution in [0.3, 0.4) is 0 Å². The molecule has 1 aromatic heterocycles. The van der Waals surface area contributed by atoms with Crippen molar-refractivity contribution in [2.24, 2.45) is 0 Å². The number of hydrogen-bond acceptors (Lipinski definition) is 3. The highest BCUT2D eigenvalue weighted by Crippen LogP contribution is 2.32. The van der Waals surface area contributed by atoms with E-state index in [-0.39, 0.29) is 0 Å². The van der Waals surface area contributed by atoms with Gasteiger partial charge in [0.15, 0.2) is 0 Å². The van der Waals surface area contributed by atoms with Crippen molar-refractivity contribution in [3.8, 4) is 11.3 Å². The van der Waals surface area contributed by atoms with E-state index in [1.54, 1.807) is 0 Å². The molecule has 0 fully saturated rings. The van der Waals surface area contributed by atoms with E-state index in [1.165, 1.54) is 11.1 Å². The van der Waals surface area contributed by atoms with Crippen LogP contribution in [0.2, 0.25) is 5.02 Å². The minimum Gasteiger partial charge on any atom is -0.294 e. The van der Waals surface area contributed by atoms with Gasteiger partial charge in [-0.15, -0.1) is 0 Å². The van der Waals surface area contributed by atoms with Crippen LogP contribution in [0.15, 0.2) is 48.1 Å². The molecule has 0 atom stereocenters. The fourth-order valence-electron chi connectivity index (χ4n) is 3.32. The highest BCUT2D eigenvalue weighted by Gasteiger charge is 2.23. The van der Waals surface area contributed by atoms with E-state index in [0.29, 0.717) is 0 Å². The first kappa shape index (κ1) is 21.3. The molecule has 3 rings (SSSR count). The Morgan fingerprint density at radius 1 is 1.19 bits per heavy atom. The summed E-state index contributed by atoms with van der Waals surface area (Å²) in [5.74, 6) is 0.810. The van der Waals surface area contributed by atoms with Crippen molar-refractivity contribution in [3.05, 3.63) is 70.2 Å². The summed E-state index contributed by atoms with van der Waals surface area (Å²) in [6.45, 7) is 12.9. The molecular weight excluding hydrogens is 354 g/mol. The molecule has 0 aliphatic carbocycles. The number of nitrogens with zero attached hydrogens (tertiary/aromatic N) is 3. The van der Waals surface area contributed by atoms with Gasteiger partial charge in [0.05, 0.1) is 11.4 Å².